The molecule has 11 heteroatoms. The number of fused-ring (bicyclic) bond motifs is 4. The molecule has 4 aliphatic rings. The summed E-state index contributed by atoms with van der Waals surface area (Å²) in [7, 11) is 0. The molecule has 4 fully saturated rings. The molecule has 2 bridgehead atoms. The Balaban J connectivity index is 1.13. The number of ether oxygens (including phenoxy) is 1. The minimum Gasteiger partial charge on any atom is -0.476 e. The molecule has 4 aromatic heterocycles. The first-order chi connectivity index (χ1) is 19.3. The molecule has 0 amide bonds. The van der Waals surface area contributed by atoms with E-state index in [-0.39, 0.29) is 16.7 Å². The standard InChI is InChI=1S/C29H29Cl2N5O4/c1-2-36-26-17(24(34-36)27(37)38)5-6-21(33-26)28-7-10-29(11-8-28,12-9-28)39-15-18-23(35-40-25(18)16-3-4-16)22-19(30)13-32-14-20(22)31/h5-6,13-14,16H,2-4,7-12,15H2,1H3,(H,37,38). The topological polar surface area (TPSA) is 116 Å². The molecule has 0 radical (unpaired) electrons. The predicted octanol–water partition coefficient (Wildman–Crippen LogP) is 6.94. The van der Waals surface area contributed by atoms with Gasteiger partial charge in [-0.1, -0.05) is 28.4 Å². The first kappa shape index (κ1) is 25.9. The lowest BCUT2D eigenvalue weighted by atomic mass is 9.57. The second kappa shape index (κ2) is 9.53. The number of hydrogen-bond donors (Lipinski definition) is 1. The lowest BCUT2D eigenvalue weighted by Crippen LogP contribution is -2.50. The predicted molar refractivity (Wildman–Crippen MR) is 149 cm³/mol. The molecule has 0 aliphatic heterocycles. The summed E-state index contributed by atoms with van der Waals surface area (Å²) >= 11 is 13.0. The van der Waals surface area contributed by atoms with E-state index in [2.05, 4.69) is 15.2 Å². The maximum absolute atomic E-state index is 11.7. The summed E-state index contributed by atoms with van der Waals surface area (Å²) in [4.78, 5) is 20.8. The summed E-state index contributed by atoms with van der Waals surface area (Å²) in [5.74, 6) is 0.208. The van der Waals surface area contributed by atoms with Gasteiger partial charge < -0.3 is 14.4 Å². The number of carbonyl (C=O) groups is 1. The van der Waals surface area contributed by atoms with Gasteiger partial charge in [0.1, 0.15) is 11.5 Å². The van der Waals surface area contributed by atoms with Gasteiger partial charge in [0.05, 0.1) is 27.6 Å². The molecule has 0 spiro atoms. The van der Waals surface area contributed by atoms with Crippen molar-refractivity contribution in [3.63, 3.8) is 0 Å². The molecular formula is C29H29Cl2N5O4. The Hall–Kier alpha value is -3.01. The molecule has 9 nitrogen and oxygen atoms in total. The second-order valence-electron chi connectivity index (χ2n) is 11.4. The van der Waals surface area contributed by atoms with Gasteiger partial charge in [0.15, 0.2) is 11.3 Å². The Morgan fingerprint density at radius 2 is 1.82 bits per heavy atom. The van der Waals surface area contributed by atoms with Crippen LogP contribution in [-0.2, 0) is 23.3 Å². The van der Waals surface area contributed by atoms with Crippen LogP contribution in [0.5, 0.6) is 0 Å². The molecule has 208 valence electrons. The fraction of sp³-hybridized carbons (Fsp3) is 0.483. The minimum absolute atomic E-state index is 0.0366. The van der Waals surface area contributed by atoms with Gasteiger partial charge in [-0.25, -0.2) is 14.5 Å². The Morgan fingerprint density at radius 3 is 2.45 bits per heavy atom. The number of hydrogen-bond acceptors (Lipinski definition) is 7. The van der Waals surface area contributed by atoms with E-state index in [4.69, 9.17) is 37.4 Å². The highest BCUT2D eigenvalue weighted by molar-refractivity contribution is 6.38. The quantitative estimate of drug-likeness (QED) is 0.237. The number of aromatic carboxylic acids is 1. The van der Waals surface area contributed by atoms with Crippen LogP contribution in [0, 0.1) is 0 Å². The maximum atomic E-state index is 11.7. The minimum atomic E-state index is -1.03. The van der Waals surface area contributed by atoms with Crippen LogP contribution in [0.4, 0.5) is 0 Å². The van der Waals surface area contributed by atoms with Crippen molar-refractivity contribution in [2.75, 3.05) is 0 Å². The molecule has 4 aromatic rings. The van der Waals surface area contributed by atoms with Gasteiger partial charge in [0.2, 0.25) is 0 Å². The van der Waals surface area contributed by atoms with Crippen LogP contribution in [-0.4, -0.2) is 41.6 Å². The van der Waals surface area contributed by atoms with Crippen molar-refractivity contribution < 1.29 is 19.2 Å². The number of aryl methyl sites for hydroxylation is 1. The molecule has 4 heterocycles. The van der Waals surface area contributed by atoms with Crippen LogP contribution in [0.1, 0.15) is 91.7 Å². The van der Waals surface area contributed by atoms with E-state index in [1.807, 2.05) is 19.1 Å². The fourth-order valence-corrected chi connectivity index (χ4v) is 7.21. The normalized spacial score (nSPS) is 24.2. The first-order valence-electron chi connectivity index (χ1n) is 13.9. The van der Waals surface area contributed by atoms with Gasteiger partial charge in [-0.3, -0.25) is 4.98 Å². The summed E-state index contributed by atoms with van der Waals surface area (Å²) in [6.07, 6.45) is 11.0. The number of nitrogens with zero attached hydrogens (tertiary/aromatic N) is 5. The first-order valence-corrected chi connectivity index (χ1v) is 14.6. The lowest BCUT2D eigenvalue weighted by molar-refractivity contribution is -0.127. The Labute approximate surface area is 240 Å². The third-order valence-electron chi connectivity index (χ3n) is 9.20. The van der Waals surface area contributed by atoms with Crippen LogP contribution >= 0.6 is 23.2 Å². The number of rotatable bonds is 8. The van der Waals surface area contributed by atoms with Gasteiger partial charge in [0.25, 0.3) is 0 Å². The van der Waals surface area contributed by atoms with Gasteiger partial charge in [-0.2, -0.15) is 5.10 Å². The van der Waals surface area contributed by atoms with E-state index in [0.717, 1.165) is 68.4 Å². The van der Waals surface area contributed by atoms with Gasteiger partial charge in [0, 0.05) is 47.1 Å². The summed E-state index contributed by atoms with van der Waals surface area (Å²) < 4.78 is 14.3. The van der Waals surface area contributed by atoms with Crippen molar-refractivity contribution in [3.8, 4) is 11.3 Å². The van der Waals surface area contributed by atoms with Crippen molar-refractivity contribution in [3.05, 3.63) is 57.3 Å². The van der Waals surface area contributed by atoms with E-state index in [1.54, 1.807) is 17.1 Å². The summed E-state index contributed by atoms with van der Waals surface area (Å²) in [5, 5.41) is 19.7. The summed E-state index contributed by atoms with van der Waals surface area (Å²) in [6.45, 7) is 2.90. The number of aromatic nitrogens is 5. The number of carboxylic acid groups (broad SMARTS) is 1. The third kappa shape index (κ3) is 4.13. The molecule has 1 N–H and O–H groups in total. The van der Waals surface area contributed by atoms with E-state index < -0.39 is 5.97 Å². The summed E-state index contributed by atoms with van der Waals surface area (Å²) in [6, 6.07) is 3.88. The molecule has 0 unspecified atom stereocenters. The van der Waals surface area contributed by atoms with E-state index in [0.29, 0.717) is 51.4 Å². The maximum Gasteiger partial charge on any atom is 0.357 e. The highest BCUT2D eigenvalue weighted by Gasteiger charge is 2.51. The number of carboxylic acids is 1. The van der Waals surface area contributed by atoms with Crippen LogP contribution < -0.4 is 0 Å². The van der Waals surface area contributed by atoms with Crippen molar-refractivity contribution in [2.45, 2.75) is 88.4 Å². The zero-order valence-corrected chi connectivity index (χ0v) is 23.6. The zero-order valence-electron chi connectivity index (χ0n) is 22.1. The van der Waals surface area contributed by atoms with Crippen LogP contribution in [0.3, 0.4) is 0 Å². The van der Waals surface area contributed by atoms with Crippen LogP contribution in [0.2, 0.25) is 10.0 Å². The van der Waals surface area contributed by atoms with Crippen molar-refractivity contribution >= 4 is 40.2 Å². The molecule has 0 atom stereocenters. The average molecular weight is 582 g/mol. The Kier molecular flexibility index (Phi) is 6.18. The Morgan fingerprint density at radius 1 is 1.12 bits per heavy atom. The van der Waals surface area contributed by atoms with E-state index in [9.17, 15) is 9.90 Å². The molecule has 40 heavy (non-hydrogen) atoms. The van der Waals surface area contributed by atoms with E-state index in [1.165, 1.54) is 0 Å². The largest absolute Gasteiger partial charge is 0.476 e. The molecule has 0 saturated heterocycles. The SMILES string of the molecule is CCn1nc(C(=O)O)c2ccc(C34CCC(OCc5c(-c6c(Cl)cncc6Cl)noc5C5CC5)(CC3)CC4)nc21. The van der Waals surface area contributed by atoms with Crippen molar-refractivity contribution in [2.24, 2.45) is 0 Å². The van der Waals surface area contributed by atoms with Crippen LogP contribution in [0.25, 0.3) is 22.3 Å². The van der Waals surface area contributed by atoms with E-state index >= 15 is 0 Å². The molecule has 8 rings (SSSR count). The van der Waals surface area contributed by atoms with Crippen molar-refractivity contribution in [1.29, 1.82) is 0 Å². The number of pyridine rings is 2. The van der Waals surface area contributed by atoms with Gasteiger partial charge in [-0.05, 0) is 70.4 Å². The third-order valence-corrected chi connectivity index (χ3v) is 9.77. The smallest absolute Gasteiger partial charge is 0.357 e. The highest BCUT2D eigenvalue weighted by Crippen LogP contribution is 2.55. The number of halogens is 2. The lowest BCUT2D eigenvalue weighted by Gasteiger charge is -2.52. The summed E-state index contributed by atoms with van der Waals surface area (Å²) in [5.41, 5.74) is 3.69. The average Bonchev–Trinajstić information content (AvgIpc) is 3.62. The molecular weight excluding hydrogens is 553 g/mol. The second-order valence-corrected chi connectivity index (χ2v) is 12.2. The monoisotopic (exact) mass is 581 g/mol. The molecule has 0 aromatic carbocycles. The zero-order chi connectivity index (χ0) is 27.6. The van der Waals surface area contributed by atoms with Crippen molar-refractivity contribution in [1.82, 2.24) is 24.9 Å². The van der Waals surface area contributed by atoms with Gasteiger partial charge >= 0.3 is 5.97 Å². The van der Waals surface area contributed by atoms with Crippen LogP contribution in [0.15, 0.2) is 29.0 Å². The highest BCUT2D eigenvalue weighted by atomic mass is 35.5. The fourth-order valence-electron chi connectivity index (χ4n) is 6.66. The molecule has 4 saturated carbocycles. The Bertz CT molecular complexity index is 1600. The molecule has 4 aliphatic carbocycles. The van der Waals surface area contributed by atoms with Gasteiger partial charge in [-0.15, -0.1) is 0 Å².